The van der Waals surface area contributed by atoms with E-state index in [1.807, 2.05) is 54.7 Å². The van der Waals surface area contributed by atoms with Gasteiger partial charge in [-0.15, -0.1) is 11.3 Å². The molecule has 0 bridgehead atoms. The first kappa shape index (κ1) is 22.4. The molecular formula is C32H25NO2S. The number of carbonyl (C=O) groups is 1. The molecule has 4 aromatic carbocycles. The van der Waals surface area contributed by atoms with E-state index >= 15 is 0 Å². The molecule has 1 aromatic heterocycles. The first-order valence-corrected chi connectivity index (χ1v) is 13.1. The maximum atomic E-state index is 13.2. The highest BCUT2D eigenvalue weighted by molar-refractivity contribution is 7.22. The topological polar surface area (TPSA) is 38.7 Å². The molecule has 0 N–H and O–H groups in total. The van der Waals surface area contributed by atoms with Gasteiger partial charge in [-0.3, -0.25) is 9.79 Å². The van der Waals surface area contributed by atoms with E-state index in [2.05, 4.69) is 53.5 Å². The van der Waals surface area contributed by atoms with Crippen molar-refractivity contribution in [1.82, 2.24) is 0 Å². The normalized spacial score (nSPS) is 12.1. The van der Waals surface area contributed by atoms with E-state index in [4.69, 9.17) is 4.74 Å². The van der Waals surface area contributed by atoms with Gasteiger partial charge < -0.3 is 4.74 Å². The molecule has 2 heterocycles. The molecule has 0 radical (unpaired) electrons. The number of aliphatic imine (C=N–C) groups is 1. The maximum absolute atomic E-state index is 13.2. The lowest BCUT2D eigenvalue weighted by Gasteiger charge is -2.10. The van der Waals surface area contributed by atoms with Gasteiger partial charge in [-0.2, -0.15) is 0 Å². The fourth-order valence-electron chi connectivity index (χ4n) is 4.66. The predicted molar refractivity (Wildman–Crippen MR) is 149 cm³/mol. The fourth-order valence-corrected chi connectivity index (χ4v) is 5.77. The summed E-state index contributed by atoms with van der Waals surface area (Å²) in [6, 6.07) is 32.6. The minimum Gasteiger partial charge on any atom is -0.457 e. The van der Waals surface area contributed by atoms with Crippen LogP contribution in [-0.4, -0.2) is 12.0 Å². The number of benzene rings is 4. The number of nitrogens with zero attached hydrogens (tertiary/aromatic N) is 1. The molecule has 0 saturated heterocycles. The first-order chi connectivity index (χ1) is 17.7. The summed E-state index contributed by atoms with van der Waals surface area (Å²) in [6.45, 7) is 0.678. The average Bonchev–Trinajstić information content (AvgIpc) is 3.57. The first-order valence-electron chi connectivity index (χ1n) is 12.2. The molecule has 1 aliphatic heterocycles. The summed E-state index contributed by atoms with van der Waals surface area (Å²) in [5.41, 5.74) is 5.42. The molecule has 176 valence electrons. The van der Waals surface area contributed by atoms with Gasteiger partial charge in [-0.05, 0) is 89.0 Å². The third kappa shape index (κ3) is 4.73. The molecule has 4 heteroatoms. The molecular weight excluding hydrogens is 462 g/mol. The summed E-state index contributed by atoms with van der Waals surface area (Å²) in [5.74, 6) is 1.82. The van der Waals surface area contributed by atoms with Crippen molar-refractivity contribution in [3.63, 3.8) is 0 Å². The Morgan fingerprint density at radius 2 is 1.64 bits per heavy atom. The number of aryl methyl sites for hydroxylation is 1. The number of ether oxygens (including phenoxy) is 1. The van der Waals surface area contributed by atoms with E-state index in [0.717, 1.165) is 41.0 Å². The van der Waals surface area contributed by atoms with Crippen LogP contribution in [-0.2, 0) is 13.0 Å². The highest BCUT2D eigenvalue weighted by Gasteiger charge is 2.19. The Labute approximate surface area is 214 Å². The zero-order chi connectivity index (χ0) is 24.3. The van der Waals surface area contributed by atoms with E-state index in [1.165, 1.54) is 26.1 Å². The van der Waals surface area contributed by atoms with Crippen LogP contribution in [0.15, 0.2) is 102 Å². The molecule has 36 heavy (non-hydrogen) atoms. The monoisotopic (exact) mass is 487 g/mol. The quantitative estimate of drug-likeness (QED) is 0.206. The number of hydrogen-bond acceptors (Lipinski definition) is 4. The highest BCUT2D eigenvalue weighted by atomic mass is 32.1. The maximum Gasteiger partial charge on any atom is 0.162 e. The van der Waals surface area contributed by atoms with Crippen LogP contribution in [0.25, 0.3) is 20.5 Å². The van der Waals surface area contributed by atoms with Crippen LogP contribution >= 0.6 is 11.3 Å². The fraction of sp³-hybridized carbons (Fsp3) is 0.125. The molecule has 0 atom stereocenters. The number of ketones is 1. The van der Waals surface area contributed by atoms with Gasteiger partial charge in [-0.1, -0.05) is 48.5 Å². The minimum atomic E-state index is 0.185. The number of hydrogen-bond donors (Lipinski definition) is 0. The van der Waals surface area contributed by atoms with Crippen LogP contribution in [0.1, 0.15) is 39.9 Å². The van der Waals surface area contributed by atoms with Crippen LogP contribution in [0.2, 0.25) is 0 Å². The smallest absolute Gasteiger partial charge is 0.162 e. The molecule has 0 amide bonds. The molecule has 0 unspecified atom stereocenters. The van der Waals surface area contributed by atoms with Crippen LogP contribution in [0.4, 0.5) is 0 Å². The van der Waals surface area contributed by atoms with E-state index in [-0.39, 0.29) is 5.78 Å². The standard InChI is InChI=1S/C32H25NO2S/c34-30(11-6-7-22-13-15-27(16-14-22)35-26-9-2-1-3-10-26)24-17-25-20-33-21-29(25)28(18-24)32-19-23-8-4-5-12-31(23)36-32/h1-5,8-10,12-20H,6-7,11,21H2. The zero-order valence-corrected chi connectivity index (χ0v) is 20.6. The van der Waals surface area contributed by atoms with Crippen LogP contribution in [0.3, 0.4) is 0 Å². The number of Topliss-reactive ketones (excluding diaryl/α,β-unsaturated/α-hetero) is 1. The Hall–Kier alpha value is -4.02. The molecule has 0 spiro atoms. The van der Waals surface area contributed by atoms with Crippen molar-refractivity contribution >= 4 is 33.4 Å². The minimum absolute atomic E-state index is 0.185. The SMILES string of the molecule is O=C(CCCc1ccc(Oc2ccccc2)cc1)c1cc2c(c(-c3cc4ccccc4s3)c1)CN=C2. The molecule has 1 aliphatic rings. The molecule has 0 saturated carbocycles. The van der Waals surface area contributed by atoms with Crippen molar-refractivity contribution in [1.29, 1.82) is 0 Å². The lowest BCUT2D eigenvalue weighted by Crippen LogP contribution is -2.03. The third-order valence-corrected chi connectivity index (χ3v) is 7.70. The second-order valence-corrected chi connectivity index (χ2v) is 10.1. The van der Waals surface area contributed by atoms with Crippen molar-refractivity contribution in [3.8, 4) is 21.9 Å². The van der Waals surface area contributed by atoms with Crippen LogP contribution in [0.5, 0.6) is 11.5 Å². The van der Waals surface area contributed by atoms with Gasteiger partial charge in [0, 0.05) is 27.8 Å². The Balaban J connectivity index is 1.14. The van der Waals surface area contributed by atoms with Gasteiger partial charge in [0.05, 0.1) is 6.54 Å². The lowest BCUT2D eigenvalue weighted by atomic mass is 9.94. The van der Waals surface area contributed by atoms with E-state index in [9.17, 15) is 4.79 Å². The van der Waals surface area contributed by atoms with Gasteiger partial charge in [0.15, 0.2) is 5.78 Å². The van der Waals surface area contributed by atoms with Crippen molar-refractivity contribution < 1.29 is 9.53 Å². The number of para-hydroxylation sites is 1. The third-order valence-electron chi connectivity index (χ3n) is 6.55. The molecule has 6 rings (SSSR count). The van der Waals surface area contributed by atoms with Gasteiger partial charge in [0.1, 0.15) is 11.5 Å². The Bertz CT molecular complexity index is 1530. The zero-order valence-electron chi connectivity index (χ0n) is 19.8. The van der Waals surface area contributed by atoms with E-state index in [0.29, 0.717) is 13.0 Å². The summed E-state index contributed by atoms with van der Waals surface area (Å²) in [7, 11) is 0. The van der Waals surface area contributed by atoms with Crippen LogP contribution in [0, 0.1) is 0 Å². The van der Waals surface area contributed by atoms with E-state index in [1.54, 1.807) is 11.3 Å². The summed E-state index contributed by atoms with van der Waals surface area (Å²) in [5, 5.41) is 1.24. The Morgan fingerprint density at radius 1 is 0.861 bits per heavy atom. The van der Waals surface area contributed by atoms with Gasteiger partial charge in [-0.25, -0.2) is 0 Å². The number of rotatable bonds is 8. The Morgan fingerprint density at radius 3 is 2.47 bits per heavy atom. The van der Waals surface area contributed by atoms with Crippen molar-refractivity contribution in [2.75, 3.05) is 0 Å². The summed E-state index contributed by atoms with van der Waals surface area (Å²) >= 11 is 1.78. The number of fused-ring (bicyclic) bond motifs is 2. The van der Waals surface area contributed by atoms with Crippen molar-refractivity contribution in [2.45, 2.75) is 25.8 Å². The summed E-state index contributed by atoms with van der Waals surface area (Å²) in [4.78, 5) is 18.9. The average molecular weight is 488 g/mol. The summed E-state index contributed by atoms with van der Waals surface area (Å²) in [6.07, 6.45) is 4.08. The highest BCUT2D eigenvalue weighted by Crippen LogP contribution is 2.38. The predicted octanol–water partition coefficient (Wildman–Crippen LogP) is 8.50. The molecule has 3 nitrogen and oxygen atoms in total. The second-order valence-electron chi connectivity index (χ2n) is 9.05. The molecule has 0 aliphatic carbocycles. The number of carbonyl (C=O) groups excluding carboxylic acids is 1. The molecule has 0 fully saturated rings. The number of thiophene rings is 1. The van der Waals surface area contributed by atoms with Gasteiger partial charge in [0.2, 0.25) is 0 Å². The van der Waals surface area contributed by atoms with E-state index < -0.39 is 0 Å². The van der Waals surface area contributed by atoms with Crippen molar-refractivity contribution in [3.05, 3.63) is 119 Å². The second kappa shape index (κ2) is 9.92. The van der Waals surface area contributed by atoms with Gasteiger partial charge in [0.25, 0.3) is 0 Å². The Kier molecular flexibility index (Phi) is 6.18. The molecule has 5 aromatic rings. The lowest BCUT2D eigenvalue weighted by molar-refractivity contribution is 0.0980. The van der Waals surface area contributed by atoms with Crippen LogP contribution < -0.4 is 4.74 Å². The van der Waals surface area contributed by atoms with Gasteiger partial charge >= 0.3 is 0 Å². The largest absolute Gasteiger partial charge is 0.457 e. The van der Waals surface area contributed by atoms with Crippen molar-refractivity contribution in [2.24, 2.45) is 4.99 Å². The summed E-state index contributed by atoms with van der Waals surface area (Å²) < 4.78 is 7.13.